The van der Waals surface area contributed by atoms with Crippen molar-refractivity contribution in [1.29, 1.82) is 0 Å². The fraction of sp³-hybridized carbons (Fsp3) is 0.308. The third-order valence-electron chi connectivity index (χ3n) is 2.79. The highest BCUT2D eigenvalue weighted by atomic mass is 35.5. The number of nitrogens with one attached hydrogen (secondary N) is 1. The summed E-state index contributed by atoms with van der Waals surface area (Å²) in [4.78, 5) is 17.5. The molecule has 1 heterocycles. The summed E-state index contributed by atoms with van der Waals surface area (Å²) in [5, 5.41) is 7.37. The van der Waals surface area contributed by atoms with Crippen molar-refractivity contribution in [2.75, 3.05) is 12.4 Å². The van der Waals surface area contributed by atoms with E-state index >= 15 is 0 Å². The number of hydrogen-bond donors (Lipinski definition) is 1. The lowest BCUT2D eigenvalue weighted by Gasteiger charge is -2.17. The van der Waals surface area contributed by atoms with Crippen LogP contribution >= 0.6 is 11.6 Å². The van der Waals surface area contributed by atoms with E-state index in [9.17, 15) is 4.79 Å². The van der Waals surface area contributed by atoms with Crippen LogP contribution in [-0.4, -0.2) is 32.7 Å². The number of rotatable bonds is 4. The Hall–Kier alpha value is -2.08. The lowest BCUT2D eigenvalue weighted by atomic mass is 10.2. The maximum absolute atomic E-state index is 12.0. The molecule has 2 aromatic rings. The number of carbonyl (C=O) groups excluding carboxylic acids is 1. The molecule has 0 saturated heterocycles. The van der Waals surface area contributed by atoms with Crippen molar-refractivity contribution in [3.8, 4) is 0 Å². The lowest BCUT2D eigenvalue weighted by molar-refractivity contribution is 0.220. The van der Waals surface area contributed by atoms with Crippen molar-refractivity contribution in [3.05, 3.63) is 41.2 Å². The zero-order valence-corrected chi connectivity index (χ0v) is 12.1. The van der Waals surface area contributed by atoms with E-state index in [-0.39, 0.29) is 6.03 Å². The maximum Gasteiger partial charge on any atom is 0.324 e. The summed E-state index contributed by atoms with van der Waals surface area (Å²) in [6.45, 7) is 3.07. The van der Waals surface area contributed by atoms with Crippen molar-refractivity contribution in [2.45, 2.75) is 20.0 Å². The van der Waals surface area contributed by atoms with E-state index < -0.39 is 0 Å². The van der Waals surface area contributed by atoms with E-state index in [1.54, 1.807) is 24.1 Å². The molecule has 0 spiro atoms. The van der Waals surface area contributed by atoms with E-state index in [0.29, 0.717) is 24.1 Å². The smallest absolute Gasteiger partial charge is 0.323 e. The van der Waals surface area contributed by atoms with Crippen LogP contribution in [0.2, 0.25) is 5.02 Å². The molecule has 0 radical (unpaired) electrons. The van der Waals surface area contributed by atoms with Crippen molar-refractivity contribution in [1.82, 2.24) is 19.7 Å². The van der Waals surface area contributed by atoms with Gasteiger partial charge in [-0.05, 0) is 18.6 Å². The Morgan fingerprint density at radius 3 is 2.85 bits per heavy atom. The first-order valence-electron chi connectivity index (χ1n) is 6.25. The van der Waals surface area contributed by atoms with Gasteiger partial charge in [-0.1, -0.05) is 29.8 Å². The molecular weight excluding hydrogens is 278 g/mol. The van der Waals surface area contributed by atoms with Gasteiger partial charge in [0.15, 0.2) is 0 Å². The topological polar surface area (TPSA) is 63.1 Å². The molecule has 0 aliphatic heterocycles. The molecule has 2 amide bonds. The molecule has 106 valence electrons. The molecule has 0 aliphatic rings. The van der Waals surface area contributed by atoms with Crippen molar-refractivity contribution >= 4 is 23.6 Å². The van der Waals surface area contributed by atoms with Gasteiger partial charge in [0, 0.05) is 25.2 Å². The molecular formula is C13H16ClN5O. The Kier molecular flexibility index (Phi) is 4.57. The normalized spacial score (nSPS) is 10.3. The van der Waals surface area contributed by atoms with Crippen LogP contribution in [0.25, 0.3) is 0 Å². The second kappa shape index (κ2) is 6.38. The Morgan fingerprint density at radius 2 is 2.20 bits per heavy atom. The summed E-state index contributed by atoms with van der Waals surface area (Å²) in [6.07, 6.45) is 1.57. The van der Waals surface area contributed by atoms with E-state index in [1.165, 1.54) is 4.90 Å². The average Bonchev–Trinajstić information content (AvgIpc) is 2.89. The fourth-order valence-corrected chi connectivity index (χ4v) is 1.84. The van der Waals surface area contributed by atoms with E-state index in [2.05, 4.69) is 15.4 Å². The standard InChI is InChI=1S/C13H16ClN5O/c1-3-19-9-15-12(17-19)16-13(20)18(2)8-10-6-4-5-7-11(10)14/h4-7,9H,3,8H2,1-2H3,(H,16,17,20). The summed E-state index contributed by atoms with van der Waals surface area (Å²) in [5.74, 6) is 0.294. The molecule has 0 atom stereocenters. The number of carbonyl (C=O) groups is 1. The minimum Gasteiger partial charge on any atom is -0.323 e. The largest absolute Gasteiger partial charge is 0.324 e. The van der Waals surface area contributed by atoms with E-state index in [1.807, 2.05) is 25.1 Å². The van der Waals surface area contributed by atoms with Gasteiger partial charge in [0.25, 0.3) is 0 Å². The number of urea groups is 1. The molecule has 7 heteroatoms. The summed E-state index contributed by atoms with van der Waals surface area (Å²) >= 11 is 6.07. The van der Waals surface area contributed by atoms with Crippen LogP contribution in [0.4, 0.5) is 10.7 Å². The van der Waals surface area contributed by atoms with Gasteiger partial charge in [0.2, 0.25) is 5.95 Å². The van der Waals surface area contributed by atoms with Crippen LogP contribution in [0.15, 0.2) is 30.6 Å². The Bertz CT molecular complexity index is 598. The highest BCUT2D eigenvalue weighted by Gasteiger charge is 2.12. The Morgan fingerprint density at radius 1 is 1.45 bits per heavy atom. The summed E-state index contributed by atoms with van der Waals surface area (Å²) in [7, 11) is 1.69. The van der Waals surface area contributed by atoms with Crippen LogP contribution in [-0.2, 0) is 13.1 Å². The van der Waals surface area contributed by atoms with Crippen LogP contribution in [0, 0.1) is 0 Å². The molecule has 0 saturated carbocycles. The van der Waals surface area contributed by atoms with Gasteiger partial charge in [-0.2, -0.15) is 0 Å². The van der Waals surface area contributed by atoms with Crippen LogP contribution in [0.3, 0.4) is 0 Å². The van der Waals surface area contributed by atoms with Gasteiger partial charge in [0.1, 0.15) is 6.33 Å². The van der Waals surface area contributed by atoms with Crippen LogP contribution in [0.5, 0.6) is 0 Å². The molecule has 0 unspecified atom stereocenters. The number of anilines is 1. The van der Waals surface area contributed by atoms with Crippen molar-refractivity contribution in [2.24, 2.45) is 0 Å². The Labute approximate surface area is 122 Å². The molecule has 1 aromatic carbocycles. The predicted molar refractivity (Wildman–Crippen MR) is 77.6 cm³/mol. The second-order valence-corrected chi connectivity index (χ2v) is 4.71. The molecule has 1 aromatic heterocycles. The molecule has 2 rings (SSSR count). The minimum atomic E-state index is -0.279. The highest BCUT2D eigenvalue weighted by Crippen LogP contribution is 2.16. The SMILES string of the molecule is CCn1cnc(NC(=O)N(C)Cc2ccccc2Cl)n1. The molecule has 0 bridgehead atoms. The third kappa shape index (κ3) is 3.48. The van der Waals surface area contributed by atoms with Crippen molar-refractivity contribution < 1.29 is 4.79 Å². The Balaban J connectivity index is 1.97. The average molecular weight is 294 g/mol. The maximum atomic E-state index is 12.0. The number of aryl methyl sites for hydroxylation is 1. The van der Waals surface area contributed by atoms with Gasteiger partial charge in [0.05, 0.1) is 0 Å². The number of benzene rings is 1. The zero-order valence-electron chi connectivity index (χ0n) is 11.4. The van der Waals surface area contributed by atoms with Gasteiger partial charge in [-0.3, -0.25) is 10.00 Å². The monoisotopic (exact) mass is 293 g/mol. The van der Waals surface area contributed by atoms with Gasteiger partial charge < -0.3 is 4.90 Å². The van der Waals surface area contributed by atoms with E-state index in [4.69, 9.17) is 11.6 Å². The van der Waals surface area contributed by atoms with Gasteiger partial charge in [-0.15, -0.1) is 5.10 Å². The highest BCUT2D eigenvalue weighted by molar-refractivity contribution is 6.31. The first kappa shape index (κ1) is 14.3. The molecule has 0 fully saturated rings. The number of amides is 2. The summed E-state index contributed by atoms with van der Waals surface area (Å²) in [5.41, 5.74) is 0.888. The number of aromatic nitrogens is 3. The molecule has 0 aliphatic carbocycles. The lowest BCUT2D eigenvalue weighted by Crippen LogP contribution is -2.31. The molecule has 20 heavy (non-hydrogen) atoms. The van der Waals surface area contributed by atoms with E-state index in [0.717, 1.165) is 5.56 Å². The minimum absolute atomic E-state index is 0.279. The number of hydrogen-bond acceptors (Lipinski definition) is 3. The third-order valence-corrected chi connectivity index (χ3v) is 3.16. The van der Waals surface area contributed by atoms with Gasteiger partial charge in [-0.25, -0.2) is 9.78 Å². The van der Waals surface area contributed by atoms with Crippen molar-refractivity contribution in [3.63, 3.8) is 0 Å². The van der Waals surface area contributed by atoms with Crippen LogP contribution < -0.4 is 5.32 Å². The second-order valence-electron chi connectivity index (χ2n) is 4.30. The first-order chi connectivity index (χ1) is 9.60. The quantitative estimate of drug-likeness (QED) is 0.942. The fourth-order valence-electron chi connectivity index (χ4n) is 1.65. The number of halogens is 1. The van der Waals surface area contributed by atoms with Crippen LogP contribution in [0.1, 0.15) is 12.5 Å². The molecule has 6 nitrogen and oxygen atoms in total. The molecule has 1 N–H and O–H groups in total. The number of nitrogens with zero attached hydrogens (tertiary/aromatic N) is 4. The van der Waals surface area contributed by atoms with Gasteiger partial charge >= 0.3 is 6.03 Å². The summed E-state index contributed by atoms with van der Waals surface area (Å²) < 4.78 is 1.64. The summed E-state index contributed by atoms with van der Waals surface area (Å²) in [6, 6.07) is 7.15. The first-order valence-corrected chi connectivity index (χ1v) is 6.63. The predicted octanol–water partition coefficient (Wildman–Crippen LogP) is 2.62. The zero-order chi connectivity index (χ0) is 14.5.